The molecule has 0 saturated carbocycles. The highest BCUT2D eigenvalue weighted by atomic mass is 79.9. The number of carbonyl (C=O) groups excluding carboxylic acids is 2. The molecule has 0 bridgehead atoms. The number of hydrogen-bond acceptors (Lipinski definition) is 5. The summed E-state index contributed by atoms with van der Waals surface area (Å²) in [6.07, 6.45) is 1.77. The van der Waals surface area contributed by atoms with Crippen molar-refractivity contribution in [3.63, 3.8) is 0 Å². The maximum absolute atomic E-state index is 12.5. The number of anilines is 2. The minimum absolute atomic E-state index is 0.178. The Morgan fingerprint density at radius 1 is 1.07 bits per heavy atom. The van der Waals surface area contributed by atoms with Crippen molar-refractivity contribution in [1.29, 1.82) is 0 Å². The number of carbonyl (C=O) groups is 2. The van der Waals surface area contributed by atoms with E-state index < -0.39 is 5.91 Å². The third kappa shape index (κ3) is 5.48. The van der Waals surface area contributed by atoms with Gasteiger partial charge in [-0.3, -0.25) is 9.59 Å². The Balaban J connectivity index is 1.59. The van der Waals surface area contributed by atoms with Gasteiger partial charge in [-0.1, -0.05) is 12.1 Å². The number of rotatable bonds is 8. The molecule has 2 N–H and O–H groups in total. The van der Waals surface area contributed by atoms with Gasteiger partial charge in [-0.2, -0.15) is 0 Å². The van der Waals surface area contributed by atoms with Gasteiger partial charge in [0, 0.05) is 37.1 Å². The molecule has 0 unspecified atom stereocenters. The number of halogens is 1. The molecule has 2 heterocycles. The van der Waals surface area contributed by atoms with Gasteiger partial charge in [0.1, 0.15) is 5.82 Å². The number of nitrogens with one attached hydrogen (secondary N) is 2. The van der Waals surface area contributed by atoms with E-state index in [4.69, 9.17) is 4.42 Å². The molecule has 0 aliphatic rings. The lowest BCUT2D eigenvalue weighted by Gasteiger charge is -2.19. The van der Waals surface area contributed by atoms with Crippen molar-refractivity contribution >= 4 is 39.2 Å². The van der Waals surface area contributed by atoms with Crippen molar-refractivity contribution in [2.24, 2.45) is 0 Å². The van der Waals surface area contributed by atoms with Crippen LogP contribution in [0.1, 0.15) is 40.3 Å². The summed E-state index contributed by atoms with van der Waals surface area (Å²) in [6.45, 7) is 6.32. The van der Waals surface area contributed by atoms with Gasteiger partial charge in [0.2, 0.25) is 0 Å². The lowest BCUT2D eigenvalue weighted by atomic mass is 10.1. The quantitative estimate of drug-likeness (QED) is 0.507. The Labute approximate surface area is 183 Å². The molecule has 2 amide bonds. The van der Waals surface area contributed by atoms with Crippen LogP contribution in [0.2, 0.25) is 0 Å². The van der Waals surface area contributed by atoms with Gasteiger partial charge in [-0.25, -0.2) is 4.98 Å². The molecule has 0 radical (unpaired) electrons. The van der Waals surface area contributed by atoms with E-state index in [9.17, 15) is 9.59 Å². The summed E-state index contributed by atoms with van der Waals surface area (Å²) in [4.78, 5) is 31.3. The molecule has 0 aliphatic heterocycles. The molecule has 0 saturated heterocycles. The number of hydrogen-bond donors (Lipinski definition) is 2. The van der Waals surface area contributed by atoms with Crippen LogP contribution in [-0.4, -0.2) is 29.9 Å². The second kappa shape index (κ2) is 10.1. The largest absolute Gasteiger partial charge is 0.444 e. The zero-order chi connectivity index (χ0) is 21.5. The molecule has 7 nitrogen and oxygen atoms in total. The minimum Gasteiger partial charge on any atom is -0.444 e. The third-order valence-corrected chi connectivity index (χ3v) is 4.96. The molecule has 156 valence electrons. The Bertz CT molecular complexity index is 1010. The summed E-state index contributed by atoms with van der Waals surface area (Å²) in [6, 6.07) is 13.9. The minimum atomic E-state index is -0.391. The summed E-state index contributed by atoms with van der Waals surface area (Å²) in [7, 11) is 0. The first-order chi connectivity index (χ1) is 14.5. The highest BCUT2D eigenvalue weighted by Crippen LogP contribution is 2.17. The second-order valence-corrected chi connectivity index (χ2v) is 7.30. The van der Waals surface area contributed by atoms with E-state index >= 15 is 0 Å². The number of nitrogens with zero attached hydrogens (tertiary/aromatic N) is 2. The van der Waals surface area contributed by atoms with Gasteiger partial charge < -0.3 is 20.0 Å². The summed E-state index contributed by atoms with van der Waals surface area (Å²) in [5.74, 6) is 0.469. The van der Waals surface area contributed by atoms with Crippen LogP contribution in [0, 0.1) is 0 Å². The van der Waals surface area contributed by atoms with Crippen LogP contribution in [0.15, 0.2) is 63.8 Å². The van der Waals surface area contributed by atoms with Crippen LogP contribution < -0.4 is 15.5 Å². The second-order valence-electron chi connectivity index (χ2n) is 6.52. The van der Waals surface area contributed by atoms with Crippen molar-refractivity contribution in [2.45, 2.75) is 20.4 Å². The third-order valence-electron chi connectivity index (χ3n) is 4.53. The fourth-order valence-corrected chi connectivity index (χ4v) is 3.21. The molecule has 0 fully saturated rings. The molecular formula is C22H23BrN4O3. The van der Waals surface area contributed by atoms with Crippen LogP contribution >= 0.6 is 15.9 Å². The molecule has 0 aliphatic carbocycles. The van der Waals surface area contributed by atoms with Crippen molar-refractivity contribution < 1.29 is 14.0 Å². The van der Waals surface area contributed by atoms with E-state index in [1.165, 1.54) is 0 Å². The Morgan fingerprint density at radius 3 is 2.50 bits per heavy atom. The average molecular weight is 471 g/mol. The number of furan rings is 1. The number of aromatic nitrogens is 1. The number of benzene rings is 1. The molecule has 3 rings (SSSR count). The van der Waals surface area contributed by atoms with E-state index in [2.05, 4.69) is 50.3 Å². The zero-order valence-electron chi connectivity index (χ0n) is 16.8. The van der Waals surface area contributed by atoms with Crippen molar-refractivity contribution in [3.05, 3.63) is 76.3 Å². The maximum atomic E-state index is 12.5. The van der Waals surface area contributed by atoms with Gasteiger partial charge in [-0.15, -0.1) is 0 Å². The van der Waals surface area contributed by atoms with Crippen LogP contribution in [0.25, 0.3) is 0 Å². The lowest BCUT2D eigenvalue weighted by molar-refractivity contribution is 0.0949. The van der Waals surface area contributed by atoms with Crippen LogP contribution in [0.3, 0.4) is 0 Å². The Kier molecular flexibility index (Phi) is 7.24. The van der Waals surface area contributed by atoms with Gasteiger partial charge >= 0.3 is 0 Å². The maximum Gasteiger partial charge on any atom is 0.291 e. The van der Waals surface area contributed by atoms with Crippen LogP contribution in [0.5, 0.6) is 0 Å². The van der Waals surface area contributed by atoms with Gasteiger partial charge in [0.25, 0.3) is 11.8 Å². The van der Waals surface area contributed by atoms with E-state index in [-0.39, 0.29) is 11.7 Å². The summed E-state index contributed by atoms with van der Waals surface area (Å²) in [5.41, 5.74) is 1.86. The molecule has 30 heavy (non-hydrogen) atoms. The molecule has 1 aromatic carbocycles. The summed E-state index contributed by atoms with van der Waals surface area (Å²) in [5, 5.41) is 5.60. The smallest absolute Gasteiger partial charge is 0.291 e. The Morgan fingerprint density at radius 2 is 1.87 bits per heavy atom. The molecule has 2 aromatic heterocycles. The lowest BCUT2D eigenvalue weighted by Crippen LogP contribution is -2.24. The molecule has 3 aromatic rings. The summed E-state index contributed by atoms with van der Waals surface area (Å²) < 4.78 is 5.71. The number of amides is 2. The standard InChI is InChI=1S/C22H23BrN4O3/c1-3-27(4-2)20-11-8-15(13-24-20)14-25-21(28)16-6-5-7-17(12-16)26-22(29)18-9-10-19(23)30-18/h5-13H,3-4,14H2,1-2H3,(H,25,28)(H,26,29). The molecule has 8 heteroatoms. The van der Waals surface area contributed by atoms with Crippen molar-refractivity contribution in [3.8, 4) is 0 Å². The highest BCUT2D eigenvalue weighted by Gasteiger charge is 2.12. The van der Waals surface area contributed by atoms with Crippen molar-refractivity contribution in [1.82, 2.24) is 10.3 Å². The van der Waals surface area contributed by atoms with E-state index in [0.29, 0.717) is 22.5 Å². The van der Waals surface area contributed by atoms with Gasteiger partial charge in [0.05, 0.1) is 0 Å². The van der Waals surface area contributed by atoms with Gasteiger partial charge in [0.15, 0.2) is 10.4 Å². The van der Waals surface area contributed by atoms with Crippen LogP contribution in [0.4, 0.5) is 11.5 Å². The normalized spacial score (nSPS) is 10.5. The Hall–Kier alpha value is -3.13. The monoisotopic (exact) mass is 470 g/mol. The topological polar surface area (TPSA) is 87.5 Å². The van der Waals surface area contributed by atoms with E-state index in [0.717, 1.165) is 24.5 Å². The van der Waals surface area contributed by atoms with Crippen LogP contribution in [-0.2, 0) is 6.54 Å². The first kappa shape index (κ1) is 21.6. The van der Waals surface area contributed by atoms with E-state index in [1.54, 1.807) is 42.6 Å². The zero-order valence-corrected chi connectivity index (χ0v) is 18.4. The van der Waals surface area contributed by atoms with E-state index in [1.807, 2.05) is 12.1 Å². The molecule has 0 atom stereocenters. The SMILES string of the molecule is CCN(CC)c1ccc(CNC(=O)c2cccc(NC(=O)c3ccc(Br)o3)c2)cn1. The average Bonchev–Trinajstić information content (AvgIpc) is 3.20. The molecular weight excluding hydrogens is 448 g/mol. The first-order valence-electron chi connectivity index (χ1n) is 9.65. The van der Waals surface area contributed by atoms with Crippen molar-refractivity contribution in [2.75, 3.05) is 23.3 Å². The molecule has 0 spiro atoms. The van der Waals surface area contributed by atoms with Gasteiger partial charge in [-0.05, 0) is 71.7 Å². The number of pyridine rings is 1. The summed E-state index contributed by atoms with van der Waals surface area (Å²) >= 11 is 3.16. The highest BCUT2D eigenvalue weighted by molar-refractivity contribution is 9.10. The fraction of sp³-hybridized carbons (Fsp3) is 0.227. The fourth-order valence-electron chi connectivity index (χ4n) is 2.91. The predicted octanol–water partition coefficient (Wildman–Crippen LogP) is 4.47. The predicted molar refractivity (Wildman–Crippen MR) is 120 cm³/mol. The first-order valence-corrected chi connectivity index (χ1v) is 10.4.